The van der Waals surface area contributed by atoms with E-state index in [1.807, 2.05) is 36.7 Å². The number of amides is 1. The van der Waals surface area contributed by atoms with Gasteiger partial charge in [-0.15, -0.1) is 5.10 Å². The highest BCUT2D eigenvalue weighted by atomic mass is 16.3. The molecule has 1 aromatic carbocycles. The largest absolute Gasteiger partial charge is 0.394 e. The van der Waals surface area contributed by atoms with Crippen molar-refractivity contribution in [3.05, 3.63) is 29.8 Å². The lowest BCUT2D eigenvalue weighted by Crippen LogP contribution is -2.34. The van der Waals surface area contributed by atoms with E-state index in [0.717, 1.165) is 11.5 Å². The molecule has 7 nitrogen and oxygen atoms in total. The fraction of sp³-hybridized carbons (Fsp3) is 0.438. The van der Waals surface area contributed by atoms with Gasteiger partial charge in [0.15, 0.2) is 5.82 Å². The summed E-state index contributed by atoms with van der Waals surface area (Å²) < 4.78 is 1.82. The van der Waals surface area contributed by atoms with E-state index in [-0.39, 0.29) is 18.6 Å². The van der Waals surface area contributed by atoms with Crippen molar-refractivity contribution >= 4 is 11.9 Å². The van der Waals surface area contributed by atoms with Gasteiger partial charge in [-0.1, -0.05) is 12.1 Å². The van der Waals surface area contributed by atoms with Crippen LogP contribution in [0.2, 0.25) is 0 Å². The Morgan fingerprint density at radius 1 is 1.43 bits per heavy atom. The molecule has 1 amide bonds. The molecule has 0 fully saturated rings. The first-order valence-electron chi connectivity index (χ1n) is 7.60. The number of hydrogen-bond acceptors (Lipinski definition) is 5. The molecule has 2 rings (SSSR count). The summed E-state index contributed by atoms with van der Waals surface area (Å²) in [5.74, 6) is 1.13. The maximum Gasteiger partial charge on any atom is 0.251 e. The minimum atomic E-state index is -0.288. The Balaban J connectivity index is 2.31. The Morgan fingerprint density at radius 2 is 2.17 bits per heavy atom. The summed E-state index contributed by atoms with van der Waals surface area (Å²) in [6.07, 6.45) is 0. The van der Waals surface area contributed by atoms with Gasteiger partial charge in [0.05, 0.1) is 6.61 Å². The van der Waals surface area contributed by atoms with Crippen LogP contribution in [0.5, 0.6) is 0 Å². The number of aliphatic hydroxyl groups excluding tert-OH is 1. The lowest BCUT2D eigenvalue weighted by molar-refractivity contribution is 0.0922. The van der Waals surface area contributed by atoms with Crippen LogP contribution in [0.4, 0.5) is 5.95 Å². The van der Waals surface area contributed by atoms with Crippen LogP contribution in [-0.2, 0) is 6.54 Å². The number of nitrogens with one attached hydrogen (secondary N) is 1. The molecule has 0 saturated carbocycles. The monoisotopic (exact) mass is 317 g/mol. The molecule has 1 atom stereocenters. The Kier molecular flexibility index (Phi) is 5.33. The minimum Gasteiger partial charge on any atom is -0.394 e. The summed E-state index contributed by atoms with van der Waals surface area (Å²) in [5, 5.41) is 16.3. The van der Waals surface area contributed by atoms with Crippen molar-refractivity contribution in [3.8, 4) is 11.4 Å². The van der Waals surface area contributed by atoms with Crippen molar-refractivity contribution < 1.29 is 9.90 Å². The number of carbonyl (C=O) groups is 1. The predicted octanol–water partition coefficient (Wildman–Crippen LogP) is 1.14. The summed E-state index contributed by atoms with van der Waals surface area (Å²) in [7, 11) is 3.83. The van der Waals surface area contributed by atoms with Gasteiger partial charge in [0.2, 0.25) is 5.95 Å². The molecule has 1 unspecified atom stereocenters. The Hall–Kier alpha value is -2.41. The van der Waals surface area contributed by atoms with Crippen molar-refractivity contribution in [2.45, 2.75) is 26.4 Å². The number of rotatable bonds is 6. The van der Waals surface area contributed by atoms with Gasteiger partial charge in [0.1, 0.15) is 0 Å². The number of aliphatic hydroxyl groups is 1. The third-order valence-corrected chi connectivity index (χ3v) is 3.39. The fourth-order valence-corrected chi connectivity index (χ4v) is 2.15. The van der Waals surface area contributed by atoms with Crippen LogP contribution in [0.1, 0.15) is 24.2 Å². The van der Waals surface area contributed by atoms with Gasteiger partial charge in [0, 0.05) is 37.8 Å². The molecule has 7 heteroatoms. The maximum atomic E-state index is 12.2. The smallest absolute Gasteiger partial charge is 0.251 e. The molecule has 1 heterocycles. The van der Waals surface area contributed by atoms with Gasteiger partial charge in [-0.25, -0.2) is 4.68 Å². The van der Waals surface area contributed by atoms with E-state index in [0.29, 0.717) is 17.9 Å². The zero-order valence-corrected chi connectivity index (χ0v) is 13.9. The molecule has 0 aliphatic rings. The van der Waals surface area contributed by atoms with Gasteiger partial charge < -0.3 is 15.3 Å². The SMILES string of the molecule is CCn1nc(-c2cccc(C(=O)NC(C)CO)c2)nc1N(C)C. The van der Waals surface area contributed by atoms with Gasteiger partial charge in [0.25, 0.3) is 5.91 Å². The van der Waals surface area contributed by atoms with Gasteiger partial charge in [-0.2, -0.15) is 4.98 Å². The summed E-state index contributed by atoms with van der Waals surface area (Å²) in [4.78, 5) is 18.6. The first-order chi connectivity index (χ1) is 11.0. The van der Waals surface area contributed by atoms with E-state index in [2.05, 4.69) is 15.4 Å². The Morgan fingerprint density at radius 3 is 2.74 bits per heavy atom. The molecule has 0 bridgehead atoms. The third-order valence-electron chi connectivity index (χ3n) is 3.39. The number of hydrogen-bond donors (Lipinski definition) is 2. The van der Waals surface area contributed by atoms with Crippen LogP contribution >= 0.6 is 0 Å². The second-order valence-corrected chi connectivity index (χ2v) is 5.58. The van der Waals surface area contributed by atoms with Crippen LogP contribution in [0.25, 0.3) is 11.4 Å². The maximum absolute atomic E-state index is 12.2. The second-order valence-electron chi connectivity index (χ2n) is 5.58. The van der Waals surface area contributed by atoms with Crippen LogP contribution in [0, 0.1) is 0 Å². The van der Waals surface area contributed by atoms with Crippen molar-refractivity contribution in [2.24, 2.45) is 0 Å². The molecule has 2 N–H and O–H groups in total. The van der Waals surface area contributed by atoms with Crippen LogP contribution in [-0.4, -0.2) is 52.5 Å². The summed E-state index contributed by atoms with van der Waals surface area (Å²) >= 11 is 0. The van der Waals surface area contributed by atoms with Crippen molar-refractivity contribution in [2.75, 3.05) is 25.6 Å². The van der Waals surface area contributed by atoms with E-state index in [4.69, 9.17) is 5.11 Å². The molecular formula is C16H23N5O2. The molecule has 0 saturated heterocycles. The van der Waals surface area contributed by atoms with Gasteiger partial charge >= 0.3 is 0 Å². The highest BCUT2D eigenvalue weighted by Crippen LogP contribution is 2.20. The molecule has 2 aromatic rings. The average molecular weight is 317 g/mol. The normalized spacial score (nSPS) is 12.0. The van der Waals surface area contributed by atoms with Crippen molar-refractivity contribution in [3.63, 3.8) is 0 Å². The first-order valence-corrected chi connectivity index (χ1v) is 7.60. The molecule has 124 valence electrons. The topological polar surface area (TPSA) is 83.3 Å². The molecular weight excluding hydrogens is 294 g/mol. The fourth-order valence-electron chi connectivity index (χ4n) is 2.15. The zero-order valence-electron chi connectivity index (χ0n) is 13.9. The van der Waals surface area contributed by atoms with Crippen LogP contribution in [0.15, 0.2) is 24.3 Å². The molecule has 1 aromatic heterocycles. The highest BCUT2D eigenvalue weighted by molar-refractivity contribution is 5.95. The lowest BCUT2D eigenvalue weighted by Gasteiger charge is -2.11. The quantitative estimate of drug-likeness (QED) is 0.835. The number of nitrogens with zero attached hydrogens (tertiary/aromatic N) is 4. The zero-order chi connectivity index (χ0) is 17.0. The van der Waals surface area contributed by atoms with E-state index >= 15 is 0 Å². The third kappa shape index (κ3) is 3.87. The highest BCUT2D eigenvalue weighted by Gasteiger charge is 2.14. The van der Waals surface area contributed by atoms with Gasteiger partial charge in [-0.05, 0) is 26.0 Å². The number of benzene rings is 1. The first kappa shape index (κ1) is 17.0. The van der Waals surface area contributed by atoms with Crippen LogP contribution in [0.3, 0.4) is 0 Å². The summed E-state index contributed by atoms with van der Waals surface area (Å²) in [5.41, 5.74) is 1.30. The van der Waals surface area contributed by atoms with E-state index in [1.54, 1.807) is 25.1 Å². The number of anilines is 1. The van der Waals surface area contributed by atoms with Crippen molar-refractivity contribution in [1.82, 2.24) is 20.1 Å². The molecule has 23 heavy (non-hydrogen) atoms. The number of aromatic nitrogens is 3. The number of carbonyl (C=O) groups excluding carboxylic acids is 1. The predicted molar refractivity (Wildman–Crippen MR) is 89.5 cm³/mol. The second kappa shape index (κ2) is 7.23. The molecule has 0 aliphatic heterocycles. The van der Waals surface area contributed by atoms with E-state index in [1.165, 1.54) is 0 Å². The van der Waals surface area contributed by atoms with Gasteiger partial charge in [-0.3, -0.25) is 4.79 Å². The number of aryl methyl sites for hydroxylation is 1. The minimum absolute atomic E-state index is 0.0971. The summed E-state index contributed by atoms with van der Waals surface area (Å²) in [6.45, 7) is 4.37. The summed E-state index contributed by atoms with van der Waals surface area (Å²) in [6, 6.07) is 6.88. The Labute approximate surface area is 136 Å². The van der Waals surface area contributed by atoms with E-state index in [9.17, 15) is 4.79 Å². The Bertz CT molecular complexity index is 681. The molecule has 0 aliphatic carbocycles. The standard InChI is InChI=1S/C16H23N5O2/c1-5-21-16(20(3)4)18-14(19-21)12-7-6-8-13(9-12)15(23)17-11(2)10-22/h6-9,11,22H,5,10H2,1-4H3,(H,17,23). The lowest BCUT2D eigenvalue weighted by atomic mass is 10.1. The molecule has 0 spiro atoms. The van der Waals surface area contributed by atoms with Crippen LogP contribution < -0.4 is 10.2 Å². The van der Waals surface area contributed by atoms with E-state index < -0.39 is 0 Å². The average Bonchev–Trinajstić information content (AvgIpc) is 2.99. The molecule has 0 radical (unpaired) electrons. The van der Waals surface area contributed by atoms with Crippen molar-refractivity contribution in [1.29, 1.82) is 0 Å².